The lowest BCUT2D eigenvalue weighted by atomic mass is 10.1. The molecule has 0 saturated heterocycles. The molecule has 0 atom stereocenters. The molecule has 6 nitrogen and oxygen atoms in total. The molecular formula is C18H24N2O4S2. The third kappa shape index (κ3) is 5.14. The van der Waals surface area contributed by atoms with Crippen LogP contribution in [0.5, 0.6) is 0 Å². The molecule has 0 heterocycles. The molecule has 2 aromatic carbocycles. The minimum atomic E-state index is -3.49. The molecule has 2 N–H and O–H groups in total. The maximum atomic E-state index is 12.1. The molecule has 0 spiro atoms. The fourth-order valence-corrected chi connectivity index (χ4v) is 4.56. The summed E-state index contributed by atoms with van der Waals surface area (Å²) in [7, 11) is -6.99. The van der Waals surface area contributed by atoms with Crippen molar-refractivity contribution in [1.29, 1.82) is 0 Å². The van der Waals surface area contributed by atoms with Gasteiger partial charge in [0.25, 0.3) is 0 Å². The smallest absolute Gasteiger partial charge is 0.211 e. The van der Waals surface area contributed by atoms with E-state index < -0.39 is 20.0 Å². The third-order valence-electron chi connectivity index (χ3n) is 3.75. The van der Waals surface area contributed by atoms with Crippen LogP contribution in [0.4, 0.5) is 0 Å². The fraction of sp³-hybridized carbons (Fsp3) is 0.333. The van der Waals surface area contributed by atoms with E-state index in [1.54, 1.807) is 48.5 Å². The molecule has 142 valence electrons. The van der Waals surface area contributed by atoms with Gasteiger partial charge in [-0.25, -0.2) is 26.3 Å². The minimum absolute atomic E-state index is 0.206. The van der Waals surface area contributed by atoms with Crippen molar-refractivity contribution in [3.63, 3.8) is 0 Å². The zero-order valence-corrected chi connectivity index (χ0v) is 16.5. The summed E-state index contributed by atoms with van der Waals surface area (Å²) in [6.07, 6.45) is 1.44. The van der Waals surface area contributed by atoms with Crippen molar-refractivity contribution in [2.75, 3.05) is 13.1 Å². The Morgan fingerprint density at radius 2 is 0.923 bits per heavy atom. The first-order valence-corrected chi connectivity index (χ1v) is 11.5. The standard InChI is InChI=1S/C18H24N2O4S2/c1-3-13-19-25(21,22)17-9-5-15(6-10-17)16-7-11-18(12-8-16)26(23,24)20-14-4-2/h5-12,19-20H,3-4,13-14H2,1-2H3. The highest BCUT2D eigenvalue weighted by molar-refractivity contribution is 7.89. The molecule has 0 aliphatic heterocycles. The molecule has 0 amide bonds. The zero-order chi connectivity index (χ0) is 19.2. The van der Waals surface area contributed by atoms with Crippen LogP contribution in [0, 0.1) is 0 Å². The molecule has 0 aliphatic rings. The van der Waals surface area contributed by atoms with Crippen molar-refractivity contribution >= 4 is 20.0 Å². The van der Waals surface area contributed by atoms with Crippen molar-refractivity contribution < 1.29 is 16.8 Å². The van der Waals surface area contributed by atoms with Gasteiger partial charge >= 0.3 is 0 Å². The molecule has 8 heteroatoms. The summed E-state index contributed by atoms with van der Waals surface area (Å²) in [4.78, 5) is 0.412. The van der Waals surface area contributed by atoms with Gasteiger partial charge in [-0.05, 0) is 48.2 Å². The van der Waals surface area contributed by atoms with Crippen LogP contribution in [0.15, 0.2) is 58.3 Å². The van der Waals surface area contributed by atoms with Gasteiger partial charge in [-0.15, -0.1) is 0 Å². The van der Waals surface area contributed by atoms with Gasteiger partial charge in [0.15, 0.2) is 0 Å². The van der Waals surface area contributed by atoms with Crippen molar-refractivity contribution in [3.05, 3.63) is 48.5 Å². The van der Waals surface area contributed by atoms with Crippen LogP contribution in [-0.2, 0) is 20.0 Å². The van der Waals surface area contributed by atoms with E-state index in [0.717, 1.165) is 24.0 Å². The maximum absolute atomic E-state index is 12.1. The van der Waals surface area contributed by atoms with Crippen LogP contribution < -0.4 is 9.44 Å². The monoisotopic (exact) mass is 396 g/mol. The van der Waals surface area contributed by atoms with E-state index in [2.05, 4.69) is 9.44 Å². The predicted octanol–water partition coefficient (Wildman–Crippen LogP) is 2.73. The number of nitrogens with one attached hydrogen (secondary N) is 2. The van der Waals surface area contributed by atoms with E-state index in [4.69, 9.17) is 0 Å². The first-order chi connectivity index (χ1) is 12.3. The minimum Gasteiger partial charge on any atom is -0.211 e. The van der Waals surface area contributed by atoms with Crippen LogP contribution in [0.2, 0.25) is 0 Å². The van der Waals surface area contributed by atoms with Crippen LogP contribution in [-0.4, -0.2) is 29.9 Å². The molecule has 0 radical (unpaired) electrons. The summed E-state index contributed by atoms with van der Waals surface area (Å²) in [5.74, 6) is 0. The van der Waals surface area contributed by atoms with Gasteiger partial charge in [0.1, 0.15) is 0 Å². The summed E-state index contributed by atoms with van der Waals surface area (Å²) >= 11 is 0. The van der Waals surface area contributed by atoms with Gasteiger partial charge in [0, 0.05) is 13.1 Å². The second-order valence-electron chi connectivity index (χ2n) is 5.84. The predicted molar refractivity (Wildman–Crippen MR) is 103 cm³/mol. The van der Waals surface area contributed by atoms with Crippen LogP contribution in [0.1, 0.15) is 26.7 Å². The topological polar surface area (TPSA) is 92.3 Å². The van der Waals surface area contributed by atoms with E-state index in [1.807, 2.05) is 13.8 Å². The lowest BCUT2D eigenvalue weighted by molar-refractivity contribution is 0.579. The zero-order valence-electron chi connectivity index (χ0n) is 14.9. The van der Waals surface area contributed by atoms with Gasteiger partial charge in [0.05, 0.1) is 9.79 Å². The lowest BCUT2D eigenvalue weighted by Crippen LogP contribution is -2.24. The number of benzene rings is 2. The van der Waals surface area contributed by atoms with E-state index >= 15 is 0 Å². The Bertz CT molecular complexity index is 841. The van der Waals surface area contributed by atoms with Crippen LogP contribution in [0.3, 0.4) is 0 Å². The Morgan fingerprint density at radius 3 is 1.19 bits per heavy atom. The molecule has 0 aromatic heterocycles. The van der Waals surface area contributed by atoms with E-state index in [1.165, 1.54) is 0 Å². The number of hydrogen-bond acceptors (Lipinski definition) is 4. The SMILES string of the molecule is CCCNS(=O)(=O)c1ccc(-c2ccc(S(=O)(=O)NCCC)cc2)cc1. The Kier molecular flexibility index (Phi) is 6.94. The highest BCUT2D eigenvalue weighted by Crippen LogP contribution is 2.23. The van der Waals surface area contributed by atoms with Gasteiger partial charge < -0.3 is 0 Å². The first-order valence-electron chi connectivity index (χ1n) is 8.50. The van der Waals surface area contributed by atoms with Crippen molar-refractivity contribution in [2.45, 2.75) is 36.5 Å². The van der Waals surface area contributed by atoms with Gasteiger partial charge in [0.2, 0.25) is 20.0 Å². The van der Waals surface area contributed by atoms with E-state index in [9.17, 15) is 16.8 Å². The Morgan fingerprint density at radius 1 is 0.615 bits per heavy atom. The Hall–Kier alpha value is -1.74. The molecule has 0 saturated carbocycles. The van der Waals surface area contributed by atoms with Crippen molar-refractivity contribution in [2.24, 2.45) is 0 Å². The average molecular weight is 397 g/mol. The highest BCUT2D eigenvalue weighted by atomic mass is 32.2. The average Bonchev–Trinajstić information content (AvgIpc) is 2.65. The Balaban J connectivity index is 2.20. The third-order valence-corrected chi connectivity index (χ3v) is 6.70. The summed E-state index contributed by atoms with van der Waals surface area (Å²) in [5.41, 5.74) is 1.62. The molecule has 0 fully saturated rings. The molecular weight excluding hydrogens is 372 g/mol. The quantitative estimate of drug-likeness (QED) is 0.682. The van der Waals surface area contributed by atoms with Crippen LogP contribution >= 0.6 is 0 Å². The van der Waals surface area contributed by atoms with E-state index in [0.29, 0.717) is 13.1 Å². The normalized spacial score (nSPS) is 12.2. The first kappa shape index (κ1) is 20.6. The lowest BCUT2D eigenvalue weighted by Gasteiger charge is -2.08. The fourth-order valence-electron chi connectivity index (χ4n) is 2.29. The van der Waals surface area contributed by atoms with Crippen molar-refractivity contribution in [3.8, 4) is 11.1 Å². The highest BCUT2D eigenvalue weighted by Gasteiger charge is 2.14. The largest absolute Gasteiger partial charge is 0.240 e. The van der Waals surface area contributed by atoms with Gasteiger partial charge in [-0.1, -0.05) is 38.1 Å². The van der Waals surface area contributed by atoms with Crippen molar-refractivity contribution in [1.82, 2.24) is 9.44 Å². The van der Waals surface area contributed by atoms with Gasteiger partial charge in [-0.3, -0.25) is 0 Å². The molecule has 2 rings (SSSR count). The number of sulfonamides is 2. The second kappa shape index (κ2) is 8.77. The number of rotatable bonds is 9. The maximum Gasteiger partial charge on any atom is 0.240 e. The Labute approximate surface area is 155 Å². The number of hydrogen-bond donors (Lipinski definition) is 2. The summed E-state index contributed by atoms with van der Waals surface area (Å²) in [5, 5.41) is 0. The molecule has 0 unspecified atom stereocenters. The van der Waals surface area contributed by atoms with E-state index in [-0.39, 0.29) is 9.79 Å². The van der Waals surface area contributed by atoms with Gasteiger partial charge in [-0.2, -0.15) is 0 Å². The second-order valence-corrected chi connectivity index (χ2v) is 9.38. The molecule has 0 aliphatic carbocycles. The summed E-state index contributed by atoms with van der Waals surface area (Å²) < 4.78 is 53.4. The molecule has 26 heavy (non-hydrogen) atoms. The van der Waals surface area contributed by atoms with Crippen LogP contribution in [0.25, 0.3) is 11.1 Å². The summed E-state index contributed by atoms with van der Waals surface area (Å²) in [6, 6.07) is 13.0. The summed E-state index contributed by atoms with van der Waals surface area (Å²) in [6.45, 7) is 4.58. The molecule has 0 bridgehead atoms. The molecule has 2 aromatic rings.